The molecule has 2 aromatic carbocycles. The maximum Gasteiger partial charge on any atom is 0.231 e. The first kappa shape index (κ1) is 15.6. The van der Waals surface area contributed by atoms with Crippen molar-refractivity contribution in [3.63, 3.8) is 0 Å². The second kappa shape index (κ2) is 7.32. The first-order valence-electron chi connectivity index (χ1n) is 8.09. The van der Waals surface area contributed by atoms with E-state index in [4.69, 9.17) is 23.7 Å². The van der Waals surface area contributed by atoms with E-state index in [-0.39, 0.29) is 0 Å². The van der Waals surface area contributed by atoms with Crippen LogP contribution in [0.25, 0.3) is 12.2 Å². The quantitative estimate of drug-likeness (QED) is 0.748. The van der Waals surface area contributed by atoms with Crippen molar-refractivity contribution in [2.24, 2.45) is 0 Å². The number of ether oxygens (including phenoxy) is 5. The standard InChI is InChI=1S/C20H18O5/c1(3-15-5-7-17-19(11-15)24-13-22-17)9-21-10-2-4-16-6-8-18-20(12-16)25-14-23-18/h1-8,11-12H,9-10,13-14H2/b3-1+,4-2+. The van der Waals surface area contributed by atoms with Crippen LogP contribution < -0.4 is 18.9 Å². The molecule has 0 spiro atoms. The molecule has 2 aromatic rings. The summed E-state index contributed by atoms with van der Waals surface area (Å²) < 4.78 is 26.9. The summed E-state index contributed by atoms with van der Waals surface area (Å²) in [6.45, 7) is 1.67. The molecule has 128 valence electrons. The van der Waals surface area contributed by atoms with Gasteiger partial charge in [0.2, 0.25) is 13.6 Å². The largest absolute Gasteiger partial charge is 0.454 e. The van der Waals surface area contributed by atoms with Crippen LogP contribution in [0.2, 0.25) is 0 Å². The molecule has 0 aliphatic carbocycles. The fourth-order valence-electron chi connectivity index (χ4n) is 2.61. The van der Waals surface area contributed by atoms with Gasteiger partial charge in [0, 0.05) is 0 Å². The molecule has 0 radical (unpaired) electrons. The van der Waals surface area contributed by atoms with Crippen molar-refractivity contribution in [3.8, 4) is 23.0 Å². The molecule has 0 amide bonds. The molecule has 0 saturated carbocycles. The van der Waals surface area contributed by atoms with Gasteiger partial charge in [0.1, 0.15) is 0 Å². The molecule has 2 aliphatic rings. The highest BCUT2D eigenvalue weighted by Gasteiger charge is 2.12. The lowest BCUT2D eigenvalue weighted by Crippen LogP contribution is -1.92. The highest BCUT2D eigenvalue weighted by atomic mass is 16.7. The predicted octanol–water partition coefficient (Wildman–Crippen LogP) is 3.89. The zero-order valence-corrected chi connectivity index (χ0v) is 13.6. The van der Waals surface area contributed by atoms with Gasteiger partial charge in [-0.15, -0.1) is 0 Å². The first-order valence-corrected chi connectivity index (χ1v) is 8.09. The maximum absolute atomic E-state index is 5.58. The molecule has 0 bridgehead atoms. The highest BCUT2D eigenvalue weighted by Crippen LogP contribution is 2.33. The van der Waals surface area contributed by atoms with Crippen LogP contribution in [0, 0.1) is 0 Å². The van der Waals surface area contributed by atoms with Gasteiger partial charge in [0.15, 0.2) is 23.0 Å². The lowest BCUT2D eigenvalue weighted by molar-refractivity contribution is 0.173. The third-order valence-electron chi connectivity index (χ3n) is 3.84. The van der Waals surface area contributed by atoms with Gasteiger partial charge in [-0.3, -0.25) is 0 Å². The van der Waals surface area contributed by atoms with E-state index in [0.717, 1.165) is 34.1 Å². The van der Waals surface area contributed by atoms with Gasteiger partial charge in [-0.25, -0.2) is 0 Å². The summed E-state index contributed by atoms with van der Waals surface area (Å²) in [5, 5.41) is 0. The van der Waals surface area contributed by atoms with Gasteiger partial charge < -0.3 is 23.7 Å². The molecule has 0 atom stereocenters. The Bertz CT molecular complexity index is 742. The van der Waals surface area contributed by atoms with Crippen LogP contribution in [-0.2, 0) is 4.74 Å². The third kappa shape index (κ3) is 3.78. The number of hydrogen-bond donors (Lipinski definition) is 0. The third-order valence-corrected chi connectivity index (χ3v) is 3.84. The Balaban J connectivity index is 1.22. The average molecular weight is 338 g/mol. The van der Waals surface area contributed by atoms with Crippen molar-refractivity contribution in [1.29, 1.82) is 0 Å². The van der Waals surface area contributed by atoms with E-state index in [9.17, 15) is 0 Å². The van der Waals surface area contributed by atoms with Crippen LogP contribution in [0.5, 0.6) is 23.0 Å². The first-order chi connectivity index (χ1) is 12.4. The molecule has 5 heteroatoms. The topological polar surface area (TPSA) is 46.2 Å². The molecule has 0 unspecified atom stereocenters. The zero-order valence-electron chi connectivity index (χ0n) is 13.6. The minimum Gasteiger partial charge on any atom is -0.454 e. The molecule has 0 aromatic heterocycles. The average Bonchev–Trinajstić information content (AvgIpc) is 3.29. The summed E-state index contributed by atoms with van der Waals surface area (Å²) >= 11 is 0. The normalized spacial score (nSPS) is 14.7. The van der Waals surface area contributed by atoms with Crippen molar-refractivity contribution in [1.82, 2.24) is 0 Å². The minimum atomic E-state index is 0.293. The smallest absolute Gasteiger partial charge is 0.231 e. The van der Waals surface area contributed by atoms with Crippen molar-refractivity contribution in [2.75, 3.05) is 26.8 Å². The van der Waals surface area contributed by atoms with Gasteiger partial charge in [-0.05, 0) is 35.4 Å². The van der Waals surface area contributed by atoms with Crippen LogP contribution in [-0.4, -0.2) is 26.8 Å². The molecule has 4 rings (SSSR count). The predicted molar refractivity (Wildman–Crippen MR) is 94.0 cm³/mol. The molecule has 0 N–H and O–H groups in total. The summed E-state index contributed by atoms with van der Waals surface area (Å²) in [7, 11) is 0. The molecule has 0 saturated heterocycles. The number of rotatable bonds is 6. The van der Waals surface area contributed by atoms with Crippen LogP contribution in [0.3, 0.4) is 0 Å². The Morgan fingerprint density at radius 2 is 1.16 bits per heavy atom. The highest BCUT2D eigenvalue weighted by molar-refractivity contribution is 5.57. The van der Waals surface area contributed by atoms with Crippen LogP contribution in [0.4, 0.5) is 0 Å². The van der Waals surface area contributed by atoms with E-state index in [1.165, 1.54) is 0 Å². The molecule has 5 nitrogen and oxygen atoms in total. The van der Waals surface area contributed by atoms with E-state index in [2.05, 4.69) is 0 Å². The Kier molecular flexibility index (Phi) is 4.57. The van der Waals surface area contributed by atoms with Crippen molar-refractivity contribution in [3.05, 3.63) is 59.7 Å². The fourth-order valence-corrected chi connectivity index (χ4v) is 2.61. The molecular formula is C20H18O5. The summed E-state index contributed by atoms with van der Waals surface area (Å²) in [6.07, 6.45) is 7.96. The van der Waals surface area contributed by atoms with E-state index in [0.29, 0.717) is 26.8 Å². The Labute approximate surface area is 146 Å². The van der Waals surface area contributed by atoms with Crippen molar-refractivity contribution < 1.29 is 23.7 Å². The second-order valence-electron chi connectivity index (χ2n) is 5.57. The molecule has 0 fully saturated rings. The van der Waals surface area contributed by atoms with E-state index in [1.807, 2.05) is 60.7 Å². The number of hydrogen-bond acceptors (Lipinski definition) is 5. The van der Waals surface area contributed by atoms with E-state index >= 15 is 0 Å². The summed E-state index contributed by atoms with van der Waals surface area (Å²) in [5.41, 5.74) is 2.12. The molecule has 2 aliphatic heterocycles. The zero-order chi connectivity index (χ0) is 16.9. The summed E-state index contributed by atoms with van der Waals surface area (Å²) in [5.74, 6) is 3.16. The lowest BCUT2D eigenvalue weighted by Gasteiger charge is -1.99. The lowest BCUT2D eigenvalue weighted by atomic mass is 10.2. The van der Waals surface area contributed by atoms with Crippen LogP contribution in [0.1, 0.15) is 11.1 Å². The van der Waals surface area contributed by atoms with Crippen LogP contribution >= 0.6 is 0 Å². The van der Waals surface area contributed by atoms with E-state index < -0.39 is 0 Å². The van der Waals surface area contributed by atoms with Gasteiger partial charge in [-0.1, -0.05) is 36.4 Å². The van der Waals surface area contributed by atoms with Crippen LogP contribution in [0.15, 0.2) is 48.6 Å². The maximum atomic E-state index is 5.58. The Morgan fingerprint density at radius 1 is 0.680 bits per heavy atom. The molecule has 2 heterocycles. The Hall–Kier alpha value is -2.92. The molecule has 25 heavy (non-hydrogen) atoms. The number of fused-ring (bicyclic) bond motifs is 2. The summed E-state index contributed by atoms with van der Waals surface area (Å²) in [4.78, 5) is 0. The SMILES string of the molecule is C(=C\c1ccc2c(c1)OCO2)/COC/C=C/c1ccc2c(c1)OCO2. The van der Waals surface area contributed by atoms with Gasteiger partial charge in [-0.2, -0.15) is 0 Å². The van der Waals surface area contributed by atoms with E-state index in [1.54, 1.807) is 0 Å². The van der Waals surface area contributed by atoms with Gasteiger partial charge in [0.25, 0.3) is 0 Å². The monoisotopic (exact) mass is 338 g/mol. The molecular weight excluding hydrogens is 320 g/mol. The van der Waals surface area contributed by atoms with Crippen molar-refractivity contribution in [2.45, 2.75) is 0 Å². The summed E-state index contributed by atoms with van der Waals surface area (Å²) in [6, 6.07) is 11.7. The van der Waals surface area contributed by atoms with Gasteiger partial charge >= 0.3 is 0 Å². The minimum absolute atomic E-state index is 0.293. The fraction of sp³-hybridized carbons (Fsp3) is 0.200. The number of benzene rings is 2. The second-order valence-corrected chi connectivity index (χ2v) is 5.57. The van der Waals surface area contributed by atoms with Gasteiger partial charge in [0.05, 0.1) is 13.2 Å². The Morgan fingerprint density at radius 3 is 1.68 bits per heavy atom. The van der Waals surface area contributed by atoms with Crippen molar-refractivity contribution >= 4 is 12.2 Å².